The van der Waals surface area contributed by atoms with E-state index in [0.29, 0.717) is 28.4 Å². The van der Waals surface area contributed by atoms with Gasteiger partial charge in [-0.2, -0.15) is 10.5 Å². The number of imide groups is 1. The first-order valence-corrected chi connectivity index (χ1v) is 8.52. The molecular weight excluding hydrogens is 368 g/mol. The van der Waals surface area contributed by atoms with E-state index in [0.717, 1.165) is 4.90 Å². The van der Waals surface area contributed by atoms with E-state index in [2.05, 4.69) is 0 Å². The molecule has 2 amide bonds. The van der Waals surface area contributed by atoms with Crippen LogP contribution in [0.5, 0.6) is 11.5 Å². The Kier molecular flexibility index (Phi) is 4.19. The van der Waals surface area contributed by atoms with Gasteiger partial charge in [-0.25, -0.2) is 4.90 Å². The Morgan fingerprint density at radius 3 is 2.28 bits per heavy atom. The van der Waals surface area contributed by atoms with Gasteiger partial charge in [0, 0.05) is 11.8 Å². The van der Waals surface area contributed by atoms with Crippen molar-refractivity contribution in [2.75, 3.05) is 10.6 Å². The first-order valence-electron chi connectivity index (χ1n) is 8.52. The van der Waals surface area contributed by atoms with Crippen molar-refractivity contribution in [3.05, 3.63) is 82.9 Å². The number of nitriles is 2. The molecule has 0 saturated carbocycles. The molecule has 138 valence electrons. The lowest BCUT2D eigenvalue weighted by Gasteiger charge is -2.15. The van der Waals surface area contributed by atoms with Gasteiger partial charge in [-0.05, 0) is 48.5 Å². The van der Waals surface area contributed by atoms with Crippen LogP contribution in [0.1, 0.15) is 31.8 Å². The lowest BCUT2D eigenvalue weighted by atomic mass is 10.1. The summed E-state index contributed by atoms with van der Waals surface area (Å²) in [6.45, 7) is 0. The van der Waals surface area contributed by atoms with Gasteiger partial charge in [0.1, 0.15) is 23.6 Å². The van der Waals surface area contributed by atoms with E-state index < -0.39 is 11.8 Å². The van der Waals surface area contributed by atoms with Crippen LogP contribution in [0.15, 0.2) is 60.7 Å². The van der Waals surface area contributed by atoms with Crippen LogP contribution < -0.4 is 15.4 Å². The number of nitrogens with zero attached hydrogens (tertiary/aromatic N) is 3. The van der Waals surface area contributed by atoms with Crippen molar-refractivity contribution in [2.24, 2.45) is 0 Å². The van der Waals surface area contributed by atoms with E-state index in [-0.39, 0.29) is 16.7 Å². The van der Waals surface area contributed by atoms with Crippen LogP contribution >= 0.6 is 0 Å². The standard InChI is InChI=1S/C22H12N4O3/c23-11-13-4-6-18(8-14(13)12-24)29-17-3-1-2-16(10-17)26-21(27)19-7-5-15(25)9-20(19)22(26)28/h1-10H,25H2. The number of fused-ring (bicyclic) bond motifs is 1. The zero-order chi connectivity index (χ0) is 20.5. The number of rotatable bonds is 3. The Hall–Kier alpha value is -4.62. The van der Waals surface area contributed by atoms with Gasteiger partial charge >= 0.3 is 0 Å². The van der Waals surface area contributed by atoms with Crippen LogP contribution in [-0.2, 0) is 0 Å². The molecule has 0 radical (unpaired) electrons. The number of amides is 2. The van der Waals surface area contributed by atoms with Crippen molar-refractivity contribution in [1.29, 1.82) is 10.5 Å². The Morgan fingerprint density at radius 1 is 0.793 bits per heavy atom. The van der Waals surface area contributed by atoms with Crippen molar-refractivity contribution in [2.45, 2.75) is 0 Å². The lowest BCUT2D eigenvalue weighted by Crippen LogP contribution is -2.29. The Balaban J connectivity index is 1.65. The normalized spacial score (nSPS) is 12.3. The first kappa shape index (κ1) is 17.8. The summed E-state index contributed by atoms with van der Waals surface area (Å²) >= 11 is 0. The molecule has 0 spiro atoms. The fourth-order valence-corrected chi connectivity index (χ4v) is 3.09. The van der Waals surface area contributed by atoms with E-state index in [1.54, 1.807) is 36.4 Å². The van der Waals surface area contributed by atoms with Crippen molar-refractivity contribution in [1.82, 2.24) is 0 Å². The maximum atomic E-state index is 12.7. The molecule has 7 heteroatoms. The molecule has 0 atom stereocenters. The second-order valence-corrected chi connectivity index (χ2v) is 6.28. The maximum absolute atomic E-state index is 12.7. The van der Waals surface area contributed by atoms with Crippen LogP contribution in [0, 0.1) is 22.7 Å². The number of anilines is 2. The molecule has 0 unspecified atom stereocenters. The summed E-state index contributed by atoms with van der Waals surface area (Å²) in [6.07, 6.45) is 0. The number of hydrogen-bond donors (Lipinski definition) is 1. The van der Waals surface area contributed by atoms with E-state index in [1.165, 1.54) is 24.3 Å². The monoisotopic (exact) mass is 380 g/mol. The fraction of sp³-hybridized carbons (Fsp3) is 0. The summed E-state index contributed by atoms with van der Waals surface area (Å²) in [7, 11) is 0. The molecule has 1 heterocycles. The average molecular weight is 380 g/mol. The molecule has 0 aromatic heterocycles. The average Bonchev–Trinajstić information content (AvgIpc) is 2.97. The molecule has 0 aliphatic carbocycles. The number of hydrogen-bond acceptors (Lipinski definition) is 6. The minimum absolute atomic E-state index is 0.194. The van der Waals surface area contributed by atoms with E-state index in [1.807, 2.05) is 12.1 Å². The first-order chi connectivity index (χ1) is 14.0. The molecule has 7 nitrogen and oxygen atoms in total. The molecule has 1 aliphatic heterocycles. The Labute approximate surface area is 165 Å². The van der Waals surface area contributed by atoms with Gasteiger partial charge in [0.15, 0.2) is 0 Å². The number of nitrogens with two attached hydrogens (primary N) is 1. The van der Waals surface area contributed by atoms with E-state index >= 15 is 0 Å². The molecular formula is C22H12N4O3. The highest BCUT2D eigenvalue weighted by Crippen LogP contribution is 2.33. The maximum Gasteiger partial charge on any atom is 0.266 e. The molecule has 0 saturated heterocycles. The minimum Gasteiger partial charge on any atom is -0.457 e. The smallest absolute Gasteiger partial charge is 0.266 e. The molecule has 1 aliphatic rings. The SMILES string of the molecule is N#Cc1ccc(Oc2cccc(N3C(=O)c4ccc(N)cc4C3=O)c2)cc1C#N. The second kappa shape index (κ2) is 6.84. The lowest BCUT2D eigenvalue weighted by molar-refractivity contribution is 0.0926. The Bertz CT molecular complexity index is 1270. The topological polar surface area (TPSA) is 120 Å². The van der Waals surface area contributed by atoms with Crippen molar-refractivity contribution >= 4 is 23.2 Å². The summed E-state index contributed by atoms with van der Waals surface area (Å²) in [5.41, 5.74) is 7.47. The highest BCUT2D eigenvalue weighted by Gasteiger charge is 2.36. The zero-order valence-corrected chi connectivity index (χ0v) is 14.9. The predicted molar refractivity (Wildman–Crippen MR) is 104 cm³/mol. The number of nitrogen functional groups attached to an aromatic ring is 1. The van der Waals surface area contributed by atoms with Crippen LogP contribution in [0.3, 0.4) is 0 Å². The molecule has 29 heavy (non-hydrogen) atoms. The van der Waals surface area contributed by atoms with Crippen LogP contribution in [0.4, 0.5) is 11.4 Å². The van der Waals surface area contributed by atoms with Crippen molar-refractivity contribution in [3.8, 4) is 23.6 Å². The van der Waals surface area contributed by atoms with Gasteiger partial charge in [-0.15, -0.1) is 0 Å². The third-order valence-electron chi connectivity index (χ3n) is 4.45. The van der Waals surface area contributed by atoms with E-state index in [9.17, 15) is 9.59 Å². The molecule has 3 aromatic carbocycles. The third-order valence-corrected chi connectivity index (χ3v) is 4.45. The van der Waals surface area contributed by atoms with Crippen molar-refractivity contribution < 1.29 is 14.3 Å². The summed E-state index contributed by atoms with van der Waals surface area (Å²) in [4.78, 5) is 26.5. The zero-order valence-electron chi connectivity index (χ0n) is 14.9. The van der Waals surface area contributed by atoms with E-state index in [4.69, 9.17) is 21.0 Å². The van der Waals surface area contributed by atoms with Gasteiger partial charge in [0.05, 0.1) is 27.9 Å². The van der Waals surface area contributed by atoms with Crippen molar-refractivity contribution in [3.63, 3.8) is 0 Å². The summed E-state index contributed by atoms with van der Waals surface area (Å²) in [6, 6.07) is 19.5. The molecule has 0 fully saturated rings. The van der Waals surface area contributed by atoms with Gasteiger partial charge in [-0.1, -0.05) is 6.07 Å². The highest BCUT2D eigenvalue weighted by atomic mass is 16.5. The summed E-state index contributed by atoms with van der Waals surface area (Å²) < 4.78 is 5.76. The molecule has 3 aromatic rings. The van der Waals surface area contributed by atoms with Gasteiger partial charge in [-0.3, -0.25) is 9.59 Å². The Morgan fingerprint density at radius 2 is 1.52 bits per heavy atom. The summed E-state index contributed by atoms with van der Waals surface area (Å²) in [5.74, 6) is -0.174. The number of carbonyl (C=O) groups excluding carboxylic acids is 2. The van der Waals surface area contributed by atoms with Gasteiger partial charge in [0.2, 0.25) is 0 Å². The largest absolute Gasteiger partial charge is 0.457 e. The number of ether oxygens (including phenoxy) is 1. The van der Waals surface area contributed by atoms with Gasteiger partial charge < -0.3 is 10.5 Å². The molecule has 0 bridgehead atoms. The molecule has 2 N–H and O–H groups in total. The molecule has 4 rings (SSSR count). The minimum atomic E-state index is -0.459. The van der Waals surface area contributed by atoms with Crippen LogP contribution in [0.25, 0.3) is 0 Å². The van der Waals surface area contributed by atoms with Gasteiger partial charge in [0.25, 0.3) is 11.8 Å². The fourth-order valence-electron chi connectivity index (χ4n) is 3.09. The number of carbonyl (C=O) groups is 2. The number of benzene rings is 3. The van der Waals surface area contributed by atoms with Crippen LogP contribution in [-0.4, -0.2) is 11.8 Å². The quantitative estimate of drug-likeness (QED) is 0.547. The third kappa shape index (κ3) is 3.03. The second-order valence-electron chi connectivity index (χ2n) is 6.28. The van der Waals surface area contributed by atoms with Crippen LogP contribution in [0.2, 0.25) is 0 Å². The summed E-state index contributed by atoms with van der Waals surface area (Å²) in [5, 5.41) is 18.2. The predicted octanol–water partition coefficient (Wildman–Crippen LogP) is 3.61. The highest BCUT2D eigenvalue weighted by molar-refractivity contribution is 6.34.